The molecular weight excluding hydrogens is 294 g/mol. The van der Waals surface area contributed by atoms with E-state index in [-0.39, 0.29) is 17.4 Å². The average Bonchev–Trinajstić information content (AvgIpc) is 2.57. The molecule has 7 heteroatoms. The van der Waals surface area contributed by atoms with Gasteiger partial charge in [0.15, 0.2) is 0 Å². The summed E-state index contributed by atoms with van der Waals surface area (Å²) in [7, 11) is 0. The van der Waals surface area contributed by atoms with Crippen LogP contribution in [0.1, 0.15) is 6.92 Å². The number of nitrogens with one attached hydrogen (secondary N) is 3. The van der Waals surface area contributed by atoms with E-state index in [1.807, 2.05) is 6.07 Å². The van der Waals surface area contributed by atoms with Crippen LogP contribution in [0.25, 0.3) is 0 Å². The minimum absolute atomic E-state index is 0.0674. The molecule has 3 N–H and O–H groups in total. The molecule has 23 heavy (non-hydrogen) atoms. The molecule has 120 valence electrons. The van der Waals surface area contributed by atoms with Gasteiger partial charge in [0.25, 0.3) is 5.91 Å². The summed E-state index contributed by atoms with van der Waals surface area (Å²) in [5, 5.41) is 17.9. The Kier molecular flexibility index (Phi) is 5.72. The molecule has 0 radical (unpaired) electrons. The number of hydrogen-bond acceptors (Lipinski definition) is 5. The van der Waals surface area contributed by atoms with Crippen molar-refractivity contribution in [1.82, 2.24) is 10.2 Å². The summed E-state index contributed by atoms with van der Waals surface area (Å²) < 4.78 is 0. The molecule has 0 aliphatic carbocycles. The third-order valence-electron chi connectivity index (χ3n) is 3.34. The van der Waals surface area contributed by atoms with Gasteiger partial charge in [-0.05, 0) is 24.3 Å². The second-order valence-electron chi connectivity index (χ2n) is 5.11. The minimum Gasteiger partial charge on any atom is -0.360 e. The van der Waals surface area contributed by atoms with Gasteiger partial charge in [-0.15, -0.1) is 0 Å². The Morgan fingerprint density at radius 1 is 1.22 bits per heavy atom. The number of rotatable bonds is 4. The van der Waals surface area contributed by atoms with Crippen molar-refractivity contribution < 1.29 is 9.59 Å². The van der Waals surface area contributed by atoms with Gasteiger partial charge >= 0.3 is 0 Å². The van der Waals surface area contributed by atoms with E-state index in [0.717, 1.165) is 18.8 Å². The topological polar surface area (TPSA) is 97.3 Å². The molecule has 7 nitrogen and oxygen atoms in total. The summed E-state index contributed by atoms with van der Waals surface area (Å²) in [6, 6.07) is 8.92. The van der Waals surface area contributed by atoms with E-state index in [9.17, 15) is 14.9 Å². The molecule has 1 aromatic rings. The van der Waals surface area contributed by atoms with Crippen LogP contribution in [0.4, 0.5) is 11.4 Å². The zero-order valence-electron chi connectivity index (χ0n) is 12.9. The highest BCUT2D eigenvalue weighted by Gasteiger charge is 2.19. The lowest BCUT2D eigenvalue weighted by atomic mass is 10.2. The molecule has 2 amide bonds. The normalized spacial score (nSPS) is 14.8. The Labute approximate surface area is 135 Å². The van der Waals surface area contributed by atoms with Crippen molar-refractivity contribution in [3.8, 4) is 6.07 Å². The fourth-order valence-electron chi connectivity index (χ4n) is 2.19. The quantitative estimate of drug-likeness (QED) is 0.567. The fraction of sp³-hybridized carbons (Fsp3) is 0.312. The highest BCUT2D eigenvalue weighted by molar-refractivity contribution is 5.97. The van der Waals surface area contributed by atoms with E-state index < -0.39 is 0 Å². The first kappa shape index (κ1) is 16.5. The smallest absolute Gasteiger partial charge is 0.266 e. The van der Waals surface area contributed by atoms with Crippen LogP contribution >= 0.6 is 0 Å². The van der Waals surface area contributed by atoms with Gasteiger partial charge in [0, 0.05) is 50.7 Å². The molecule has 0 atom stereocenters. The zero-order valence-corrected chi connectivity index (χ0v) is 12.9. The van der Waals surface area contributed by atoms with Gasteiger partial charge in [0.2, 0.25) is 5.91 Å². The molecule has 1 aromatic carbocycles. The lowest BCUT2D eigenvalue weighted by molar-refractivity contribution is -0.127. The van der Waals surface area contributed by atoms with Crippen molar-refractivity contribution >= 4 is 23.2 Å². The molecule has 1 saturated heterocycles. The second-order valence-corrected chi connectivity index (χ2v) is 5.11. The third kappa shape index (κ3) is 4.83. The number of carbonyl (C=O) groups excluding carboxylic acids is 2. The number of amides is 2. The lowest BCUT2D eigenvalue weighted by Gasteiger charge is -2.27. The lowest BCUT2D eigenvalue weighted by Crippen LogP contribution is -2.46. The van der Waals surface area contributed by atoms with Gasteiger partial charge in [-0.1, -0.05) is 0 Å². The van der Waals surface area contributed by atoms with Crippen molar-refractivity contribution in [2.45, 2.75) is 6.92 Å². The van der Waals surface area contributed by atoms with Crippen LogP contribution in [0, 0.1) is 11.3 Å². The SMILES string of the molecule is CC(=O)Nc1ccc(N/C=C(/C#N)C(=O)N2CCNCC2)cc1. The minimum atomic E-state index is -0.267. The predicted molar refractivity (Wildman–Crippen MR) is 87.5 cm³/mol. The second kappa shape index (κ2) is 7.96. The first-order valence-corrected chi connectivity index (χ1v) is 7.34. The molecule has 1 fully saturated rings. The van der Waals surface area contributed by atoms with Crippen molar-refractivity contribution in [2.24, 2.45) is 0 Å². The third-order valence-corrected chi connectivity index (χ3v) is 3.34. The molecule has 2 rings (SSSR count). The van der Waals surface area contributed by atoms with Gasteiger partial charge in [0.1, 0.15) is 11.6 Å². The largest absolute Gasteiger partial charge is 0.360 e. The van der Waals surface area contributed by atoms with Gasteiger partial charge in [-0.2, -0.15) is 5.26 Å². The van der Waals surface area contributed by atoms with Gasteiger partial charge in [0.05, 0.1) is 0 Å². The Morgan fingerprint density at radius 2 is 1.83 bits per heavy atom. The first-order chi connectivity index (χ1) is 11.1. The monoisotopic (exact) mass is 313 g/mol. The van der Waals surface area contributed by atoms with E-state index in [1.54, 1.807) is 29.2 Å². The number of carbonyl (C=O) groups is 2. The maximum absolute atomic E-state index is 12.2. The Bertz CT molecular complexity index is 639. The zero-order chi connectivity index (χ0) is 16.7. The van der Waals surface area contributed by atoms with E-state index >= 15 is 0 Å². The molecule has 0 saturated carbocycles. The number of piperazine rings is 1. The Morgan fingerprint density at radius 3 is 2.39 bits per heavy atom. The van der Waals surface area contributed by atoms with E-state index in [2.05, 4.69) is 16.0 Å². The van der Waals surface area contributed by atoms with Gasteiger partial charge in [-0.25, -0.2) is 0 Å². The summed E-state index contributed by atoms with van der Waals surface area (Å²) in [6.07, 6.45) is 1.41. The fourth-order valence-corrected chi connectivity index (χ4v) is 2.19. The van der Waals surface area contributed by atoms with Crippen molar-refractivity contribution in [3.05, 3.63) is 36.0 Å². The Balaban J connectivity index is 2.00. The molecule has 0 aromatic heterocycles. The summed E-state index contributed by atoms with van der Waals surface area (Å²) in [6.45, 7) is 4.12. The summed E-state index contributed by atoms with van der Waals surface area (Å²) in [5.41, 5.74) is 1.47. The highest BCUT2D eigenvalue weighted by atomic mass is 16.2. The summed E-state index contributed by atoms with van der Waals surface area (Å²) >= 11 is 0. The standard InChI is InChI=1S/C16H19N5O2/c1-12(22)20-15-4-2-14(3-5-15)19-11-13(10-17)16(23)21-8-6-18-7-9-21/h2-5,11,18-19H,6-9H2,1H3,(H,20,22)/b13-11-. The van der Waals surface area contributed by atoms with Gasteiger partial charge in [-0.3, -0.25) is 9.59 Å². The van der Waals surface area contributed by atoms with Crippen molar-refractivity contribution in [2.75, 3.05) is 36.8 Å². The average molecular weight is 313 g/mol. The van der Waals surface area contributed by atoms with Crippen LogP contribution in [0.5, 0.6) is 0 Å². The molecular formula is C16H19N5O2. The van der Waals surface area contributed by atoms with Crippen LogP contribution in [0.3, 0.4) is 0 Å². The Hall–Kier alpha value is -2.85. The van der Waals surface area contributed by atoms with Crippen molar-refractivity contribution in [3.63, 3.8) is 0 Å². The van der Waals surface area contributed by atoms with E-state index in [0.29, 0.717) is 18.8 Å². The molecule has 0 bridgehead atoms. The molecule has 1 heterocycles. The summed E-state index contributed by atoms with van der Waals surface area (Å²) in [4.78, 5) is 24.9. The number of nitriles is 1. The van der Waals surface area contributed by atoms with E-state index in [1.165, 1.54) is 13.1 Å². The first-order valence-electron chi connectivity index (χ1n) is 7.34. The van der Waals surface area contributed by atoms with Crippen LogP contribution in [-0.4, -0.2) is 42.9 Å². The molecule has 1 aliphatic heterocycles. The van der Waals surface area contributed by atoms with Crippen LogP contribution < -0.4 is 16.0 Å². The van der Waals surface area contributed by atoms with E-state index in [4.69, 9.17) is 0 Å². The predicted octanol–water partition coefficient (Wildman–Crippen LogP) is 0.896. The molecule has 1 aliphatic rings. The van der Waals surface area contributed by atoms with Crippen LogP contribution in [0.15, 0.2) is 36.0 Å². The number of anilines is 2. The summed E-state index contributed by atoms with van der Waals surface area (Å²) in [5.74, 6) is -0.407. The molecule has 0 unspecified atom stereocenters. The van der Waals surface area contributed by atoms with Crippen LogP contribution in [-0.2, 0) is 9.59 Å². The van der Waals surface area contributed by atoms with Crippen molar-refractivity contribution in [1.29, 1.82) is 5.26 Å². The van der Waals surface area contributed by atoms with Gasteiger partial charge < -0.3 is 20.9 Å². The number of hydrogen-bond donors (Lipinski definition) is 3. The highest BCUT2D eigenvalue weighted by Crippen LogP contribution is 2.14. The maximum atomic E-state index is 12.2. The number of nitrogens with zero attached hydrogens (tertiary/aromatic N) is 2. The maximum Gasteiger partial charge on any atom is 0.266 e. The number of benzene rings is 1. The van der Waals surface area contributed by atoms with Crippen LogP contribution in [0.2, 0.25) is 0 Å². The molecule has 0 spiro atoms.